The monoisotopic (exact) mass is 520 g/mol. The zero-order valence-electron chi connectivity index (χ0n) is 19.5. The average Bonchev–Trinajstić information content (AvgIpc) is 3.40. The number of benzene rings is 2. The van der Waals surface area contributed by atoms with E-state index in [0.717, 1.165) is 44.5 Å². The van der Waals surface area contributed by atoms with Gasteiger partial charge in [0.1, 0.15) is 11.6 Å². The second kappa shape index (κ2) is 7.19. The highest BCUT2D eigenvalue weighted by Crippen LogP contribution is 2.61. The van der Waals surface area contributed by atoms with Gasteiger partial charge in [0.2, 0.25) is 0 Å². The highest BCUT2D eigenvalue weighted by Gasteiger charge is 2.67. The Kier molecular flexibility index (Phi) is 4.35. The predicted molar refractivity (Wildman–Crippen MR) is 132 cm³/mol. The van der Waals surface area contributed by atoms with Gasteiger partial charge in [-0.25, -0.2) is 8.42 Å². The second-order valence-electron chi connectivity index (χ2n) is 11.3. The molecule has 2 aliphatic heterocycles. The number of Topliss-reactive ketones (excluding diaryl/α,β-unsaturated/α-hetero) is 2. The maximum atomic E-state index is 14.3. The number of allylic oxidation sites excluding steroid dienone is 2. The molecule has 9 rings (SSSR count). The Morgan fingerprint density at radius 1 is 0.583 bits per heavy atom. The zero-order chi connectivity index (χ0) is 24.4. The van der Waals surface area contributed by atoms with E-state index in [-0.39, 0.29) is 11.6 Å². The van der Waals surface area contributed by atoms with E-state index in [0.29, 0.717) is 50.4 Å². The summed E-state index contributed by atoms with van der Waals surface area (Å²) in [4.78, 5) is 28.5. The topological polar surface area (TPSA) is 86.7 Å². The number of carbonyl (C=O) groups is 2. The molecular weight excluding hydrogens is 496 g/mol. The standard InChI is InChI=1S/C28H24O6S2/c29-25-23-1-2-24(28(25)8-16-4-20-12-34-36(32)14-22(20)6-18(16)10-28)26(30)27(23)7-15-3-19-11-33-35(31)13-21(19)5-17(15)9-27/h1-6,23-24H,7-14H2. The van der Waals surface area contributed by atoms with E-state index in [9.17, 15) is 18.0 Å². The molecule has 0 N–H and O–H groups in total. The second-order valence-corrected chi connectivity index (χ2v) is 13.6. The summed E-state index contributed by atoms with van der Waals surface area (Å²) in [7, 11) is 0. The fraction of sp³-hybridized carbons (Fsp3) is 0.429. The molecule has 6 atom stereocenters. The fourth-order valence-corrected chi connectivity index (χ4v) is 9.57. The van der Waals surface area contributed by atoms with Crippen LogP contribution < -0.4 is 0 Å². The van der Waals surface area contributed by atoms with Crippen LogP contribution in [0.4, 0.5) is 0 Å². The Morgan fingerprint density at radius 3 is 1.33 bits per heavy atom. The summed E-state index contributed by atoms with van der Waals surface area (Å²) < 4.78 is 34.5. The van der Waals surface area contributed by atoms with Crippen LogP contribution in [0.1, 0.15) is 44.5 Å². The van der Waals surface area contributed by atoms with Crippen LogP contribution in [0.15, 0.2) is 36.4 Å². The Hall–Kier alpha value is -2.26. The lowest BCUT2D eigenvalue weighted by atomic mass is 9.47. The molecule has 2 aromatic carbocycles. The SMILES string of the molecule is O=C1C2C=CC(C(=O)C23Cc2cc4c(cc2C3)CS(=O)OC4)C12Cc1cc3c(cc1C2)CS(=O)OC3. The van der Waals surface area contributed by atoms with Crippen LogP contribution in [0.3, 0.4) is 0 Å². The minimum Gasteiger partial charge on any atom is -0.298 e. The summed E-state index contributed by atoms with van der Waals surface area (Å²) in [6, 6.07) is 8.41. The van der Waals surface area contributed by atoms with Crippen molar-refractivity contribution >= 4 is 33.7 Å². The molecule has 5 aliphatic carbocycles. The van der Waals surface area contributed by atoms with Crippen molar-refractivity contribution in [2.24, 2.45) is 22.7 Å². The number of fused-ring (bicyclic) bond motifs is 4. The lowest BCUT2D eigenvalue weighted by Gasteiger charge is -2.52. The van der Waals surface area contributed by atoms with E-state index in [1.165, 1.54) is 0 Å². The van der Waals surface area contributed by atoms with Gasteiger partial charge in [0, 0.05) is 11.8 Å². The van der Waals surface area contributed by atoms with Gasteiger partial charge >= 0.3 is 0 Å². The molecule has 0 saturated heterocycles. The van der Waals surface area contributed by atoms with Gasteiger partial charge in [0.05, 0.1) is 35.5 Å². The van der Waals surface area contributed by atoms with E-state index >= 15 is 0 Å². The molecule has 6 nitrogen and oxygen atoms in total. The van der Waals surface area contributed by atoms with Crippen molar-refractivity contribution in [2.45, 2.75) is 50.4 Å². The molecule has 8 heteroatoms. The van der Waals surface area contributed by atoms with Crippen LogP contribution in [-0.4, -0.2) is 20.0 Å². The van der Waals surface area contributed by atoms with E-state index in [4.69, 9.17) is 8.37 Å². The maximum absolute atomic E-state index is 14.3. The summed E-state index contributed by atoms with van der Waals surface area (Å²) in [5.41, 5.74) is 7.17. The van der Waals surface area contributed by atoms with Crippen molar-refractivity contribution in [1.82, 2.24) is 0 Å². The Labute approximate surface area is 213 Å². The Balaban J connectivity index is 1.16. The van der Waals surface area contributed by atoms with Crippen LogP contribution in [-0.2, 0) is 90.5 Å². The quantitative estimate of drug-likeness (QED) is 0.497. The molecule has 1 fully saturated rings. The smallest absolute Gasteiger partial charge is 0.160 e. The first-order valence-corrected chi connectivity index (χ1v) is 14.9. The third-order valence-corrected chi connectivity index (χ3v) is 11.4. The number of ketones is 2. The molecule has 2 spiro atoms. The predicted octanol–water partition coefficient (Wildman–Crippen LogP) is 2.90. The summed E-state index contributed by atoms with van der Waals surface area (Å²) in [5.74, 6) is 0.294. The van der Waals surface area contributed by atoms with Crippen molar-refractivity contribution in [3.63, 3.8) is 0 Å². The van der Waals surface area contributed by atoms with E-state index in [2.05, 4.69) is 24.3 Å². The van der Waals surface area contributed by atoms with Gasteiger partial charge < -0.3 is 0 Å². The van der Waals surface area contributed by atoms with E-state index in [1.54, 1.807) is 0 Å². The molecule has 2 bridgehead atoms. The van der Waals surface area contributed by atoms with Crippen molar-refractivity contribution in [3.8, 4) is 0 Å². The van der Waals surface area contributed by atoms with Gasteiger partial charge in [0.25, 0.3) is 0 Å². The molecule has 36 heavy (non-hydrogen) atoms. The van der Waals surface area contributed by atoms with Crippen molar-refractivity contribution < 1.29 is 26.4 Å². The van der Waals surface area contributed by atoms with Gasteiger partial charge in [-0.05, 0) is 70.2 Å². The molecule has 2 heterocycles. The largest absolute Gasteiger partial charge is 0.298 e. The van der Waals surface area contributed by atoms with Crippen LogP contribution in [0.25, 0.3) is 0 Å². The molecule has 0 radical (unpaired) electrons. The Morgan fingerprint density at radius 2 is 0.944 bits per heavy atom. The number of carbonyl (C=O) groups excluding carboxylic acids is 2. The third-order valence-electron chi connectivity index (χ3n) is 9.54. The summed E-state index contributed by atoms with van der Waals surface area (Å²) in [5, 5.41) is 0. The van der Waals surface area contributed by atoms with Crippen molar-refractivity contribution in [3.05, 3.63) is 80.9 Å². The number of hydrogen-bond donors (Lipinski definition) is 0. The first kappa shape index (κ1) is 21.8. The summed E-state index contributed by atoms with van der Waals surface area (Å²) in [6.07, 6.45) is 6.31. The van der Waals surface area contributed by atoms with Crippen LogP contribution >= 0.6 is 0 Å². The van der Waals surface area contributed by atoms with Gasteiger partial charge in [-0.3, -0.25) is 18.0 Å². The van der Waals surface area contributed by atoms with Crippen LogP contribution in [0.5, 0.6) is 0 Å². The minimum absolute atomic E-state index is 0.200. The number of hydrogen-bond acceptors (Lipinski definition) is 6. The van der Waals surface area contributed by atoms with Gasteiger partial charge in [-0.15, -0.1) is 0 Å². The molecule has 7 aliphatic rings. The average molecular weight is 521 g/mol. The molecule has 1 saturated carbocycles. The highest BCUT2D eigenvalue weighted by atomic mass is 32.2. The maximum Gasteiger partial charge on any atom is 0.160 e. The van der Waals surface area contributed by atoms with Gasteiger partial charge in [-0.1, -0.05) is 36.4 Å². The van der Waals surface area contributed by atoms with Crippen molar-refractivity contribution in [2.75, 3.05) is 0 Å². The lowest BCUT2D eigenvalue weighted by molar-refractivity contribution is -0.159. The molecule has 6 unspecified atom stereocenters. The first-order valence-electron chi connectivity index (χ1n) is 12.4. The first-order chi connectivity index (χ1) is 17.4. The van der Waals surface area contributed by atoms with Crippen LogP contribution in [0, 0.1) is 22.7 Å². The van der Waals surface area contributed by atoms with Crippen LogP contribution in [0.2, 0.25) is 0 Å². The third kappa shape index (κ3) is 2.73. The van der Waals surface area contributed by atoms with Crippen molar-refractivity contribution in [1.29, 1.82) is 0 Å². The highest BCUT2D eigenvalue weighted by molar-refractivity contribution is 7.79. The van der Waals surface area contributed by atoms with E-state index < -0.39 is 44.8 Å². The molecule has 0 aromatic heterocycles. The number of rotatable bonds is 0. The van der Waals surface area contributed by atoms with Gasteiger partial charge in [-0.2, -0.15) is 0 Å². The molecule has 0 amide bonds. The lowest BCUT2D eigenvalue weighted by Crippen LogP contribution is -2.62. The summed E-state index contributed by atoms with van der Waals surface area (Å²) in [6.45, 7) is 0.649. The normalized spacial score (nSPS) is 37.3. The Bertz CT molecular complexity index is 1400. The van der Waals surface area contributed by atoms with Gasteiger partial charge in [0.15, 0.2) is 22.2 Å². The summed E-state index contributed by atoms with van der Waals surface area (Å²) >= 11 is -2.62. The zero-order valence-corrected chi connectivity index (χ0v) is 21.2. The van der Waals surface area contributed by atoms with E-state index in [1.807, 2.05) is 12.2 Å². The molecular formula is C28H24O6S2. The fourth-order valence-electron chi connectivity index (χ4n) is 7.84. The minimum atomic E-state index is -1.31. The molecule has 2 aromatic rings. The molecule has 184 valence electrons.